The number of benzene rings is 2. The molecule has 1 N–H and O–H groups in total. The second-order valence-electron chi connectivity index (χ2n) is 6.07. The normalized spacial score (nSPS) is 10.8. The van der Waals surface area contributed by atoms with Gasteiger partial charge in [-0.1, -0.05) is 35.9 Å². The van der Waals surface area contributed by atoms with Crippen LogP contribution in [0.25, 0.3) is 17.3 Å². The highest BCUT2D eigenvalue weighted by molar-refractivity contribution is 7.14. The topological polar surface area (TPSA) is 60.5 Å². The first-order valence-electron chi connectivity index (χ1n) is 8.91. The maximum absolute atomic E-state index is 12.2. The summed E-state index contributed by atoms with van der Waals surface area (Å²) in [5, 5.41) is 5.30. The number of rotatable bonds is 7. The first-order valence-corrected chi connectivity index (χ1v) is 9.79. The molecule has 0 bridgehead atoms. The molecular weight excluding hydrogens is 372 g/mol. The Balaban J connectivity index is 1.65. The van der Waals surface area contributed by atoms with Crippen LogP contribution in [0, 0.1) is 6.92 Å². The summed E-state index contributed by atoms with van der Waals surface area (Å²) in [4.78, 5) is 16.7. The Morgan fingerprint density at radius 3 is 2.68 bits per heavy atom. The molecule has 28 heavy (non-hydrogen) atoms. The van der Waals surface area contributed by atoms with Gasteiger partial charge in [0, 0.05) is 17.0 Å². The first kappa shape index (κ1) is 19.6. The Kier molecular flexibility index (Phi) is 6.45. The molecule has 3 rings (SSSR count). The van der Waals surface area contributed by atoms with Crippen LogP contribution in [0.15, 0.2) is 53.9 Å². The van der Waals surface area contributed by atoms with Crippen molar-refractivity contribution in [3.63, 3.8) is 0 Å². The van der Waals surface area contributed by atoms with E-state index in [0.717, 1.165) is 16.8 Å². The van der Waals surface area contributed by atoms with Gasteiger partial charge in [-0.05, 0) is 37.6 Å². The fourth-order valence-corrected chi connectivity index (χ4v) is 3.29. The van der Waals surface area contributed by atoms with Gasteiger partial charge in [-0.3, -0.25) is 10.1 Å². The van der Waals surface area contributed by atoms with E-state index in [1.807, 2.05) is 61.7 Å². The highest BCUT2D eigenvalue weighted by atomic mass is 32.1. The highest BCUT2D eigenvalue weighted by Crippen LogP contribution is 2.28. The van der Waals surface area contributed by atoms with Crippen molar-refractivity contribution >= 4 is 28.5 Å². The molecule has 1 amide bonds. The Hall–Kier alpha value is -3.12. The smallest absolute Gasteiger partial charge is 0.250 e. The molecule has 144 valence electrons. The third-order valence-electron chi connectivity index (χ3n) is 4.00. The molecule has 0 fully saturated rings. The maximum Gasteiger partial charge on any atom is 0.250 e. The second-order valence-corrected chi connectivity index (χ2v) is 6.93. The quantitative estimate of drug-likeness (QED) is 0.561. The van der Waals surface area contributed by atoms with Crippen molar-refractivity contribution in [2.45, 2.75) is 13.8 Å². The zero-order chi connectivity index (χ0) is 19.9. The van der Waals surface area contributed by atoms with Crippen molar-refractivity contribution in [2.75, 3.05) is 19.0 Å². The minimum absolute atomic E-state index is 0.238. The molecule has 5 nitrogen and oxygen atoms in total. The van der Waals surface area contributed by atoms with Crippen molar-refractivity contribution in [3.05, 3.63) is 65.0 Å². The lowest BCUT2D eigenvalue weighted by Crippen LogP contribution is -2.07. The van der Waals surface area contributed by atoms with E-state index in [0.29, 0.717) is 23.2 Å². The van der Waals surface area contributed by atoms with Gasteiger partial charge in [0.15, 0.2) is 16.6 Å². The molecular formula is C22H22N2O3S. The standard InChI is InChI=1S/C22H22N2O3S/c1-4-27-19-11-7-16(13-20(19)26-3)8-12-21(25)24-22-23-18(14-28-22)17-9-5-15(2)6-10-17/h5-14H,4H2,1-3H3,(H,23,24,25). The number of thiazole rings is 1. The van der Waals surface area contributed by atoms with E-state index >= 15 is 0 Å². The Morgan fingerprint density at radius 1 is 1.18 bits per heavy atom. The van der Waals surface area contributed by atoms with Crippen LogP contribution >= 0.6 is 11.3 Å². The van der Waals surface area contributed by atoms with Crippen LogP contribution in [0.4, 0.5) is 5.13 Å². The third kappa shape index (κ3) is 4.98. The molecule has 6 heteroatoms. The van der Waals surface area contributed by atoms with E-state index < -0.39 is 0 Å². The zero-order valence-corrected chi connectivity index (χ0v) is 16.9. The molecule has 0 radical (unpaired) electrons. The summed E-state index contributed by atoms with van der Waals surface area (Å²) in [7, 11) is 1.59. The van der Waals surface area contributed by atoms with E-state index in [-0.39, 0.29) is 5.91 Å². The number of amides is 1. The fourth-order valence-electron chi connectivity index (χ4n) is 2.57. The number of hydrogen-bond acceptors (Lipinski definition) is 5. The van der Waals surface area contributed by atoms with Gasteiger partial charge >= 0.3 is 0 Å². The Labute approximate surface area is 168 Å². The predicted molar refractivity (Wildman–Crippen MR) is 114 cm³/mol. The predicted octanol–water partition coefficient (Wildman–Crippen LogP) is 5.18. The summed E-state index contributed by atoms with van der Waals surface area (Å²) in [6, 6.07) is 13.7. The molecule has 0 atom stereocenters. The molecule has 0 aliphatic rings. The summed E-state index contributed by atoms with van der Waals surface area (Å²) in [6.07, 6.45) is 3.20. The SMILES string of the molecule is CCOc1ccc(C=CC(=O)Nc2nc(-c3ccc(C)cc3)cs2)cc1OC. The molecule has 3 aromatic rings. The van der Waals surface area contributed by atoms with Gasteiger partial charge < -0.3 is 9.47 Å². The van der Waals surface area contributed by atoms with Crippen LogP contribution in [0.1, 0.15) is 18.1 Å². The number of nitrogens with one attached hydrogen (secondary N) is 1. The van der Waals surface area contributed by atoms with Crippen LogP contribution in [0.5, 0.6) is 11.5 Å². The Bertz CT molecular complexity index is 978. The molecule has 0 saturated heterocycles. The van der Waals surface area contributed by atoms with E-state index in [1.165, 1.54) is 23.0 Å². The number of aryl methyl sites for hydroxylation is 1. The monoisotopic (exact) mass is 394 g/mol. The van der Waals surface area contributed by atoms with Crippen LogP contribution < -0.4 is 14.8 Å². The van der Waals surface area contributed by atoms with Gasteiger partial charge in [0.2, 0.25) is 5.91 Å². The molecule has 0 saturated carbocycles. The average Bonchev–Trinajstić information content (AvgIpc) is 3.16. The number of anilines is 1. The van der Waals surface area contributed by atoms with Crippen molar-refractivity contribution < 1.29 is 14.3 Å². The van der Waals surface area contributed by atoms with Crippen LogP contribution in [-0.4, -0.2) is 24.6 Å². The maximum atomic E-state index is 12.2. The van der Waals surface area contributed by atoms with Crippen molar-refractivity contribution in [1.82, 2.24) is 4.98 Å². The van der Waals surface area contributed by atoms with Crippen molar-refractivity contribution in [2.24, 2.45) is 0 Å². The summed E-state index contributed by atoms with van der Waals surface area (Å²) in [5.41, 5.74) is 3.92. The van der Waals surface area contributed by atoms with Gasteiger partial charge in [-0.25, -0.2) is 4.98 Å². The number of aromatic nitrogens is 1. The van der Waals surface area contributed by atoms with Crippen LogP contribution in [-0.2, 0) is 4.79 Å². The van der Waals surface area contributed by atoms with E-state index in [9.17, 15) is 4.79 Å². The average molecular weight is 394 g/mol. The number of nitrogens with zero attached hydrogens (tertiary/aromatic N) is 1. The summed E-state index contributed by atoms with van der Waals surface area (Å²) in [5.74, 6) is 1.07. The summed E-state index contributed by atoms with van der Waals surface area (Å²) >= 11 is 1.40. The lowest BCUT2D eigenvalue weighted by atomic mass is 10.1. The van der Waals surface area contributed by atoms with Gasteiger partial charge in [0.1, 0.15) is 0 Å². The van der Waals surface area contributed by atoms with E-state index in [2.05, 4.69) is 10.3 Å². The van der Waals surface area contributed by atoms with Crippen LogP contribution in [0.2, 0.25) is 0 Å². The molecule has 1 aromatic heterocycles. The third-order valence-corrected chi connectivity index (χ3v) is 4.75. The first-order chi connectivity index (χ1) is 13.6. The molecule has 0 aliphatic carbocycles. The lowest BCUT2D eigenvalue weighted by molar-refractivity contribution is -0.111. The molecule has 0 spiro atoms. The second kappa shape index (κ2) is 9.19. The van der Waals surface area contributed by atoms with Gasteiger partial charge in [0.25, 0.3) is 0 Å². The summed E-state index contributed by atoms with van der Waals surface area (Å²) < 4.78 is 10.8. The number of carbonyl (C=O) groups is 1. The number of hydrogen-bond donors (Lipinski definition) is 1. The van der Waals surface area contributed by atoms with Gasteiger partial charge in [-0.2, -0.15) is 0 Å². The van der Waals surface area contributed by atoms with Crippen molar-refractivity contribution in [1.29, 1.82) is 0 Å². The molecule has 1 heterocycles. The number of methoxy groups -OCH3 is 1. The fraction of sp³-hybridized carbons (Fsp3) is 0.182. The van der Waals surface area contributed by atoms with Crippen molar-refractivity contribution in [3.8, 4) is 22.8 Å². The zero-order valence-electron chi connectivity index (χ0n) is 16.1. The minimum Gasteiger partial charge on any atom is -0.493 e. The largest absolute Gasteiger partial charge is 0.493 e. The lowest BCUT2D eigenvalue weighted by Gasteiger charge is -2.09. The number of ether oxygens (including phenoxy) is 2. The molecule has 0 unspecified atom stereocenters. The number of carbonyl (C=O) groups excluding carboxylic acids is 1. The van der Waals surface area contributed by atoms with Crippen LogP contribution in [0.3, 0.4) is 0 Å². The van der Waals surface area contributed by atoms with E-state index in [1.54, 1.807) is 13.2 Å². The minimum atomic E-state index is -0.238. The summed E-state index contributed by atoms with van der Waals surface area (Å²) in [6.45, 7) is 4.52. The van der Waals surface area contributed by atoms with Gasteiger partial charge in [0.05, 0.1) is 19.4 Å². The molecule has 0 aliphatic heterocycles. The van der Waals surface area contributed by atoms with E-state index in [4.69, 9.17) is 9.47 Å². The molecule has 2 aromatic carbocycles. The Morgan fingerprint density at radius 2 is 1.96 bits per heavy atom. The van der Waals surface area contributed by atoms with Gasteiger partial charge in [-0.15, -0.1) is 11.3 Å². The highest BCUT2D eigenvalue weighted by Gasteiger charge is 2.07.